The van der Waals surface area contributed by atoms with Crippen molar-refractivity contribution in [2.24, 2.45) is 4.99 Å². The van der Waals surface area contributed by atoms with Crippen LogP contribution in [0.4, 0.5) is 13.2 Å². The van der Waals surface area contributed by atoms with Gasteiger partial charge in [0.05, 0.1) is 6.10 Å². The summed E-state index contributed by atoms with van der Waals surface area (Å²) in [6, 6.07) is -1.40. The molecule has 0 amide bonds. The van der Waals surface area contributed by atoms with Gasteiger partial charge < -0.3 is 20.2 Å². The quantitative estimate of drug-likeness (QED) is 0.243. The van der Waals surface area contributed by atoms with Gasteiger partial charge in [0.2, 0.25) is 0 Å². The molecule has 166 valence electrons. The first-order valence-electron chi connectivity index (χ1n) is 10.1. The van der Waals surface area contributed by atoms with Gasteiger partial charge in [0.25, 0.3) is 0 Å². The lowest BCUT2D eigenvalue weighted by molar-refractivity contribution is -0.181. The third kappa shape index (κ3) is 8.19. The molecule has 0 aliphatic carbocycles. The van der Waals surface area contributed by atoms with Crippen LogP contribution >= 0.6 is 24.0 Å². The summed E-state index contributed by atoms with van der Waals surface area (Å²) >= 11 is 0. The van der Waals surface area contributed by atoms with Crippen molar-refractivity contribution >= 4 is 29.9 Å². The number of alkyl halides is 3. The Balaban J connectivity index is 0.00000392. The van der Waals surface area contributed by atoms with Gasteiger partial charge in [-0.15, -0.1) is 24.0 Å². The molecule has 28 heavy (non-hydrogen) atoms. The number of aliphatic hydroxyl groups is 1. The molecule has 0 spiro atoms. The van der Waals surface area contributed by atoms with Crippen molar-refractivity contribution in [3.05, 3.63) is 0 Å². The SMILES string of the molecule is CCNC(=NCCCN1CCC(O)CC1)N1CCN(C(C)C(F)(F)F)CC1.I. The van der Waals surface area contributed by atoms with E-state index < -0.39 is 12.2 Å². The van der Waals surface area contributed by atoms with Gasteiger partial charge in [-0.1, -0.05) is 0 Å². The molecule has 6 nitrogen and oxygen atoms in total. The second-order valence-electron chi connectivity index (χ2n) is 7.40. The van der Waals surface area contributed by atoms with Crippen LogP contribution in [0, 0.1) is 0 Å². The molecule has 1 atom stereocenters. The van der Waals surface area contributed by atoms with Crippen LogP contribution in [-0.2, 0) is 0 Å². The Hall–Kier alpha value is -0.330. The zero-order valence-corrected chi connectivity index (χ0v) is 19.2. The number of hydrogen-bond acceptors (Lipinski definition) is 4. The van der Waals surface area contributed by atoms with Crippen LogP contribution in [0.1, 0.15) is 33.1 Å². The van der Waals surface area contributed by atoms with Crippen molar-refractivity contribution in [2.75, 3.05) is 58.9 Å². The number of nitrogens with one attached hydrogen (secondary N) is 1. The van der Waals surface area contributed by atoms with Crippen molar-refractivity contribution < 1.29 is 18.3 Å². The van der Waals surface area contributed by atoms with Gasteiger partial charge >= 0.3 is 6.18 Å². The summed E-state index contributed by atoms with van der Waals surface area (Å²) < 4.78 is 38.6. The minimum absolute atomic E-state index is 0. The van der Waals surface area contributed by atoms with Crippen LogP contribution in [-0.4, -0.2) is 103 Å². The lowest BCUT2D eigenvalue weighted by atomic mass is 10.1. The van der Waals surface area contributed by atoms with E-state index in [2.05, 4.69) is 20.1 Å². The lowest BCUT2D eigenvalue weighted by Gasteiger charge is -2.39. The second kappa shape index (κ2) is 12.4. The second-order valence-corrected chi connectivity index (χ2v) is 7.40. The molecule has 2 aliphatic heterocycles. The molecule has 2 saturated heterocycles. The summed E-state index contributed by atoms with van der Waals surface area (Å²) in [7, 11) is 0. The van der Waals surface area contributed by atoms with E-state index in [4.69, 9.17) is 0 Å². The van der Waals surface area contributed by atoms with Gasteiger partial charge in [-0.25, -0.2) is 0 Å². The van der Waals surface area contributed by atoms with Crippen molar-refractivity contribution in [3.8, 4) is 0 Å². The fraction of sp³-hybridized carbons (Fsp3) is 0.944. The maximum absolute atomic E-state index is 12.9. The van der Waals surface area contributed by atoms with Crippen LogP contribution in [0.15, 0.2) is 4.99 Å². The predicted molar refractivity (Wildman–Crippen MR) is 116 cm³/mol. The van der Waals surface area contributed by atoms with Crippen molar-refractivity contribution in [3.63, 3.8) is 0 Å². The first kappa shape index (κ1) is 25.7. The summed E-state index contributed by atoms with van der Waals surface area (Å²) in [5, 5.41) is 12.8. The predicted octanol–water partition coefficient (Wildman–Crippen LogP) is 1.99. The Labute approximate surface area is 183 Å². The molecule has 2 rings (SSSR count). The third-order valence-electron chi connectivity index (χ3n) is 5.42. The summed E-state index contributed by atoms with van der Waals surface area (Å²) in [5.74, 6) is 0.797. The molecule has 2 aliphatic rings. The summed E-state index contributed by atoms with van der Waals surface area (Å²) in [6.45, 7) is 9.38. The summed E-state index contributed by atoms with van der Waals surface area (Å²) in [4.78, 5) is 10.6. The highest BCUT2D eigenvalue weighted by Gasteiger charge is 2.41. The molecular weight excluding hydrogens is 486 g/mol. The number of piperazine rings is 1. The molecule has 2 heterocycles. The maximum Gasteiger partial charge on any atom is 0.403 e. The first-order valence-corrected chi connectivity index (χ1v) is 10.1. The van der Waals surface area contributed by atoms with Gasteiger partial charge in [0, 0.05) is 52.4 Å². The molecule has 0 aromatic rings. The third-order valence-corrected chi connectivity index (χ3v) is 5.42. The van der Waals surface area contributed by atoms with Crippen LogP contribution < -0.4 is 5.32 Å². The fourth-order valence-corrected chi connectivity index (χ4v) is 3.58. The molecule has 0 aromatic carbocycles. The van der Waals surface area contributed by atoms with E-state index in [-0.39, 0.29) is 30.1 Å². The number of aliphatic hydroxyl groups excluding tert-OH is 1. The number of likely N-dealkylation sites (tertiary alicyclic amines) is 1. The van der Waals surface area contributed by atoms with E-state index in [1.165, 1.54) is 11.8 Å². The van der Waals surface area contributed by atoms with Crippen molar-refractivity contribution in [2.45, 2.75) is 51.4 Å². The van der Waals surface area contributed by atoms with E-state index in [0.717, 1.165) is 51.4 Å². The molecule has 1 unspecified atom stereocenters. The average molecular weight is 521 g/mol. The van der Waals surface area contributed by atoms with E-state index in [1.807, 2.05) is 6.92 Å². The zero-order chi connectivity index (χ0) is 19.9. The van der Waals surface area contributed by atoms with Gasteiger partial charge in [0.15, 0.2) is 5.96 Å². The summed E-state index contributed by atoms with van der Waals surface area (Å²) in [6.07, 6.45) is -1.71. The minimum atomic E-state index is -4.18. The Morgan fingerprint density at radius 3 is 2.29 bits per heavy atom. The number of halogens is 4. The van der Waals surface area contributed by atoms with Crippen LogP contribution in [0.5, 0.6) is 0 Å². The number of guanidine groups is 1. The highest BCUT2D eigenvalue weighted by Crippen LogP contribution is 2.25. The van der Waals surface area contributed by atoms with Gasteiger partial charge in [-0.05, 0) is 39.7 Å². The molecule has 0 aromatic heterocycles. The van der Waals surface area contributed by atoms with E-state index >= 15 is 0 Å². The van der Waals surface area contributed by atoms with Gasteiger partial charge in [0.1, 0.15) is 6.04 Å². The van der Waals surface area contributed by atoms with E-state index in [1.54, 1.807) is 0 Å². The minimum Gasteiger partial charge on any atom is -0.393 e. The Morgan fingerprint density at radius 2 is 1.75 bits per heavy atom. The molecule has 10 heteroatoms. The zero-order valence-electron chi connectivity index (χ0n) is 16.9. The first-order chi connectivity index (χ1) is 12.8. The average Bonchev–Trinajstić information content (AvgIpc) is 2.64. The molecule has 0 bridgehead atoms. The highest BCUT2D eigenvalue weighted by atomic mass is 127. The van der Waals surface area contributed by atoms with E-state index in [9.17, 15) is 18.3 Å². The Morgan fingerprint density at radius 1 is 1.14 bits per heavy atom. The summed E-state index contributed by atoms with van der Waals surface area (Å²) in [5.41, 5.74) is 0. The maximum atomic E-state index is 12.9. The monoisotopic (exact) mass is 521 g/mol. The smallest absolute Gasteiger partial charge is 0.393 e. The standard InChI is InChI=1S/C18H34F3N5O.HI/c1-3-22-17(23-7-4-8-24-9-5-16(27)6-10-24)26-13-11-25(12-14-26)15(2)18(19,20)21;/h15-16,27H,3-14H2,1-2H3,(H,22,23);1H. The van der Waals surface area contributed by atoms with Crippen molar-refractivity contribution in [1.82, 2.24) is 20.0 Å². The molecule has 0 radical (unpaired) electrons. The van der Waals surface area contributed by atoms with Crippen molar-refractivity contribution in [1.29, 1.82) is 0 Å². The van der Waals surface area contributed by atoms with E-state index in [0.29, 0.717) is 32.7 Å². The fourth-order valence-electron chi connectivity index (χ4n) is 3.58. The normalized spacial score (nSPS) is 22.1. The molecular formula is C18H35F3IN5O. The van der Waals surface area contributed by atoms with Gasteiger partial charge in [-0.3, -0.25) is 9.89 Å². The Bertz CT molecular complexity index is 465. The lowest BCUT2D eigenvalue weighted by Crippen LogP contribution is -2.56. The highest BCUT2D eigenvalue weighted by molar-refractivity contribution is 14.0. The number of piperidine rings is 1. The number of hydrogen-bond donors (Lipinski definition) is 2. The number of aliphatic imine (C=N–C) groups is 1. The topological polar surface area (TPSA) is 54.3 Å². The van der Waals surface area contributed by atoms with Crippen LogP contribution in [0.3, 0.4) is 0 Å². The van der Waals surface area contributed by atoms with Crippen LogP contribution in [0.2, 0.25) is 0 Å². The number of nitrogens with zero attached hydrogens (tertiary/aromatic N) is 4. The van der Waals surface area contributed by atoms with Gasteiger partial charge in [-0.2, -0.15) is 13.2 Å². The largest absolute Gasteiger partial charge is 0.403 e. The number of rotatable bonds is 6. The molecule has 2 fully saturated rings. The van der Waals surface area contributed by atoms with Crippen LogP contribution in [0.25, 0.3) is 0 Å². The Kier molecular flexibility index (Phi) is 11.4. The molecule has 2 N–H and O–H groups in total. The molecule has 0 saturated carbocycles.